The summed E-state index contributed by atoms with van der Waals surface area (Å²) in [4.78, 5) is 4.56. The lowest BCUT2D eigenvalue weighted by molar-refractivity contribution is 0.0657. The highest BCUT2D eigenvalue weighted by Crippen LogP contribution is 2.27. The van der Waals surface area contributed by atoms with Crippen LogP contribution in [0.25, 0.3) is 0 Å². The second-order valence-corrected chi connectivity index (χ2v) is 7.47. The van der Waals surface area contributed by atoms with Crippen LogP contribution >= 0.6 is 24.0 Å². The van der Waals surface area contributed by atoms with Gasteiger partial charge >= 0.3 is 0 Å². The minimum absolute atomic E-state index is 0. The highest BCUT2D eigenvalue weighted by Gasteiger charge is 2.27. The van der Waals surface area contributed by atoms with Gasteiger partial charge in [0.25, 0.3) is 0 Å². The summed E-state index contributed by atoms with van der Waals surface area (Å²) >= 11 is 0. The van der Waals surface area contributed by atoms with Gasteiger partial charge in [0, 0.05) is 25.3 Å². The van der Waals surface area contributed by atoms with Gasteiger partial charge in [-0.25, -0.2) is 4.99 Å². The van der Waals surface area contributed by atoms with Crippen LogP contribution in [-0.2, 0) is 16.9 Å². The standard InChI is InChI=1S/C23H35N3O3.HI/c1-5-24-22(26-17-23(4,27)21-15-18(2)29-19(21)3)25-13-9-10-14-28-16-20-11-7-6-8-12-20;/h6-8,11-12,15,27H,5,9-10,13-14,16-17H2,1-4H3,(H2,24,25,26);1H. The Kier molecular flexibility index (Phi) is 12.1. The minimum Gasteiger partial charge on any atom is -0.466 e. The summed E-state index contributed by atoms with van der Waals surface area (Å²) in [6, 6.07) is 12.1. The maximum atomic E-state index is 10.8. The molecule has 1 heterocycles. The van der Waals surface area contributed by atoms with E-state index in [9.17, 15) is 5.11 Å². The number of nitrogens with zero attached hydrogens (tertiary/aromatic N) is 1. The number of nitrogens with one attached hydrogen (secondary N) is 2. The van der Waals surface area contributed by atoms with Crippen LogP contribution in [0.15, 0.2) is 45.8 Å². The molecule has 1 unspecified atom stereocenters. The summed E-state index contributed by atoms with van der Waals surface area (Å²) in [5.41, 5.74) is 0.905. The van der Waals surface area contributed by atoms with E-state index < -0.39 is 5.60 Å². The predicted molar refractivity (Wildman–Crippen MR) is 132 cm³/mol. The van der Waals surface area contributed by atoms with Crippen molar-refractivity contribution >= 4 is 29.9 Å². The summed E-state index contributed by atoms with van der Waals surface area (Å²) in [6.07, 6.45) is 1.96. The highest BCUT2D eigenvalue weighted by atomic mass is 127. The van der Waals surface area contributed by atoms with Crippen LogP contribution in [0.1, 0.15) is 49.3 Å². The average molecular weight is 529 g/mol. The van der Waals surface area contributed by atoms with Gasteiger partial charge in [-0.3, -0.25) is 0 Å². The van der Waals surface area contributed by atoms with Crippen molar-refractivity contribution in [3.05, 3.63) is 59.0 Å². The molecule has 0 radical (unpaired) electrons. The number of furan rings is 1. The first-order valence-corrected chi connectivity index (χ1v) is 10.4. The zero-order valence-electron chi connectivity index (χ0n) is 18.5. The van der Waals surface area contributed by atoms with Crippen LogP contribution in [0.2, 0.25) is 0 Å². The molecule has 168 valence electrons. The van der Waals surface area contributed by atoms with Gasteiger partial charge in [0.1, 0.15) is 17.1 Å². The molecule has 0 amide bonds. The van der Waals surface area contributed by atoms with E-state index in [1.54, 1.807) is 6.92 Å². The Labute approximate surface area is 197 Å². The fourth-order valence-electron chi connectivity index (χ4n) is 3.13. The Balaban J connectivity index is 0.00000450. The molecule has 0 bridgehead atoms. The average Bonchev–Trinajstić information content (AvgIpc) is 3.05. The number of unbranched alkanes of at least 4 members (excludes halogenated alkanes) is 1. The van der Waals surface area contributed by atoms with Crippen molar-refractivity contribution in [1.82, 2.24) is 10.6 Å². The third-order valence-corrected chi connectivity index (χ3v) is 4.63. The quantitative estimate of drug-likeness (QED) is 0.175. The smallest absolute Gasteiger partial charge is 0.191 e. The molecule has 30 heavy (non-hydrogen) atoms. The van der Waals surface area contributed by atoms with E-state index in [0.29, 0.717) is 12.6 Å². The molecule has 6 nitrogen and oxygen atoms in total. The Hall–Kier alpha value is -1.58. The lowest BCUT2D eigenvalue weighted by Gasteiger charge is -2.21. The lowest BCUT2D eigenvalue weighted by atomic mass is 9.96. The third kappa shape index (κ3) is 9.06. The Bertz CT molecular complexity index is 760. The number of hydrogen-bond acceptors (Lipinski definition) is 4. The highest BCUT2D eigenvalue weighted by molar-refractivity contribution is 14.0. The van der Waals surface area contributed by atoms with E-state index in [-0.39, 0.29) is 30.5 Å². The topological polar surface area (TPSA) is 79.0 Å². The first kappa shape index (κ1) is 26.5. The number of halogens is 1. The van der Waals surface area contributed by atoms with Gasteiger partial charge in [-0.15, -0.1) is 24.0 Å². The van der Waals surface area contributed by atoms with Gasteiger partial charge in [0.05, 0.1) is 13.2 Å². The van der Waals surface area contributed by atoms with Crippen LogP contribution < -0.4 is 10.6 Å². The van der Waals surface area contributed by atoms with E-state index in [0.717, 1.165) is 49.6 Å². The number of guanidine groups is 1. The van der Waals surface area contributed by atoms with Crippen molar-refractivity contribution < 1.29 is 14.3 Å². The second kappa shape index (κ2) is 13.7. The van der Waals surface area contributed by atoms with Crippen LogP contribution in [-0.4, -0.2) is 37.3 Å². The van der Waals surface area contributed by atoms with Gasteiger partial charge < -0.3 is 24.9 Å². The van der Waals surface area contributed by atoms with Crippen molar-refractivity contribution in [1.29, 1.82) is 0 Å². The SMILES string of the molecule is CCNC(=NCC(C)(O)c1cc(C)oc1C)NCCCCOCc1ccccc1.I. The molecule has 0 saturated carbocycles. The van der Waals surface area contributed by atoms with Gasteiger partial charge in [-0.05, 0) is 52.2 Å². The molecule has 1 aromatic heterocycles. The molecule has 0 aliphatic heterocycles. The maximum Gasteiger partial charge on any atom is 0.191 e. The predicted octanol–water partition coefficient (Wildman–Crippen LogP) is 4.27. The molecule has 2 aromatic rings. The first-order chi connectivity index (χ1) is 13.9. The third-order valence-electron chi connectivity index (χ3n) is 4.63. The molecule has 3 N–H and O–H groups in total. The maximum absolute atomic E-state index is 10.8. The Morgan fingerprint density at radius 3 is 2.53 bits per heavy atom. The van der Waals surface area contributed by atoms with Crippen molar-refractivity contribution in [2.45, 2.75) is 52.7 Å². The molecular formula is C23H36IN3O3. The molecule has 0 aliphatic rings. The number of benzene rings is 1. The van der Waals surface area contributed by atoms with E-state index in [1.165, 1.54) is 5.56 Å². The number of aryl methyl sites for hydroxylation is 2. The molecule has 0 aliphatic carbocycles. The minimum atomic E-state index is -1.07. The molecule has 2 rings (SSSR count). The molecule has 7 heteroatoms. The van der Waals surface area contributed by atoms with Crippen molar-refractivity contribution in [2.24, 2.45) is 4.99 Å². The zero-order chi connectivity index (χ0) is 21.1. The van der Waals surface area contributed by atoms with Crippen molar-refractivity contribution in [3.8, 4) is 0 Å². The molecule has 0 fully saturated rings. The fourth-order valence-corrected chi connectivity index (χ4v) is 3.13. The Morgan fingerprint density at radius 1 is 1.17 bits per heavy atom. The molecular weight excluding hydrogens is 493 g/mol. The number of hydrogen-bond donors (Lipinski definition) is 3. The van der Waals surface area contributed by atoms with E-state index in [4.69, 9.17) is 9.15 Å². The lowest BCUT2D eigenvalue weighted by Crippen LogP contribution is -2.39. The van der Waals surface area contributed by atoms with Crippen LogP contribution in [0.3, 0.4) is 0 Å². The normalized spacial score (nSPS) is 13.4. The number of aliphatic imine (C=N–C) groups is 1. The first-order valence-electron chi connectivity index (χ1n) is 10.4. The van der Waals surface area contributed by atoms with Crippen molar-refractivity contribution in [2.75, 3.05) is 26.2 Å². The summed E-state index contributed by atoms with van der Waals surface area (Å²) < 4.78 is 11.3. The largest absolute Gasteiger partial charge is 0.466 e. The Morgan fingerprint density at radius 2 is 1.90 bits per heavy atom. The summed E-state index contributed by atoms with van der Waals surface area (Å²) in [6.45, 7) is 10.7. The number of rotatable bonds is 11. The van der Waals surface area contributed by atoms with Gasteiger partial charge in [-0.2, -0.15) is 0 Å². The van der Waals surface area contributed by atoms with Crippen LogP contribution in [0.4, 0.5) is 0 Å². The van der Waals surface area contributed by atoms with Gasteiger partial charge in [-0.1, -0.05) is 30.3 Å². The van der Waals surface area contributed by atoms with Crippen LogP contribution in [0.5, 0.6) is 0 Å². The fraction of sp³-hybridized carbons (Fsp3) is 0.522. The molecule has 1 atom stereocenters. The molecule has 0 saturated heterocycles. The molecule has 0 spiro atoms. The molecule has 1 aromatic carbocycles. The number of ether oxygens (including phenoxy) is 1. The second-order valence-electron chi connectivity index (χ2n) is 7.47. The van der Waals surface area contributed by atoms with E-state index in [1.807, 2.05) is 45.0 Å². The monoisotopic (exact) mass is 529 g/mol. The summed E-state index contributed by atoms with van der Waals surface area (Å²) in [5.74, 6) is 2.23. The van der Waals surface area contributed by atoms with E-state index in [2.05, 4.69) is 27.8 Å². The summed E-state index contributed by atoms with van der Waals surface area (Å²) in [7, 11) is 0. The van der Waals surface area contributed by atoms with Crippen LogP contribution in [0, 0.1) is 13.8 Å². The zero-order valence-corrected chi connectivity index (χ0v) is 20.9. The number of aliphatic hydroxyl groups is 1. The van der Waals surface area contributed by atoms with E-state index >= 15 is 0 Å². The van der Waals surface area contributed by atoms with Gasteiger partial charge in [0.15, 0.2) is 5.96 Å². The van der Waals surface area contributed by atoms with Gasteiger partial charge in [0.2, 0.25) is 0 Å². The summed E-state index contributed by atoms with van der Waals surface area (Å²) in [5, 5.41) is 17.4. The van der Waals surface area contributed by atoms with Crippen molar-refractivity contribution in [3.63, 3.8) is 0 Å².